The Morgan fingerprint density at radius 3 is 2.00 bits per heavy atom. The summed E-state index contributed by atoms with van der Waals surface area (Å²) in [6, 6.07) is 60.2. The molecule has 1 heteroatoms. The standard InChI is InChI=1S/C71H59N/c1-5-19-50(20-6-1)65-45-64(68(52-21-7-2-8-22-52)70-63-32-18-16-30-59(63)58-29-15-17-31-62(58)69(65)70)51-38-35-48(36-39-51)33-34-49-37-41-60-61-42-40-57(72(55-25-9-3-10-26-55)56-27-11-4-12-28-56)44-67(61)71(66(60)43-49)46-53-23-13-14-24-54(53)47-71/h1-7,9-21,23-27,29-35,37,41,43-45,51,56H,8,22,28,36,38-40,42,46-47H2/b34-33+. The molecule has 0 heterocycles. The Balaban J connectivity index is 0.827. The van der Waals surface area contributed by atoms with Crippen LogP contribution in [0.2, 0.25) is 0 Å². The first kappa shape index (κ1) is 43.1. The van der Waals surface area contributed by atoms with E-state index in [0.717, 1.165) is 64.2 Å². The van der Waals surface area contributed by atoms with Crippen molar-refractivity contribution in [3.05, 3.63) is 274 Å². The SMILES string of the molecule is C1=CCCC(c2c(C3CC=C(/C=C/c4ccc5c(c4)C4(Cc6ccccc6C4)C4=C5CCC(N(c5ccccc5)C5C=CC=CC5)=C4)CC3)cc(-c3ccccc3)c3c4ccccc4c4ccccc4c23)=C1. The van der Waals surface area contributed by atoms with E-state index in [1.807, 2.05) is 0 Å². The summed E-state index contributed by atoms with van der Waals surface area (Å²) in [6.07, 6.45) is 36.9. The van der Waals surface area contributed by atoms with E-state index in [1.54, 1.807) is 11.1 Å². The second-order valence-electron chi connectivity index (χ2n) is 21.2. The van der Waals surface area contributed by atoms with Crippen LogP contribution in [0.1, 0.15) is 96.2 Å². The molecule has 14 rings (SSSR count). The second kappa shape index (κ2) is 17.8. The van der Waals surface area contributed by atoms with Gasteiger partial charge in [-0.15, -0.1) is 0 Å². The van der Waals surface area contributed by atoms with Gasteiger partial charge in [0.05, 0.1) is 6.04 Å². The van der Waals surface area contributed by atoms with Crippen molar-refractivity contribution in [1.29, 1.82) is 0 Å². The predicted octanol–water partition coefficient (Wildman–Crippen LogP) is 18.3. The van der Waals surface area contributed by atoms with E-state index in [1.165, 1.54) is 105 Å². The van der Waals surface area contributed by atoms with Gasteiger partial charge in [-0.25, -0.2) is 0 Å². The molecule has 0 aliphatic heterocycles. The molecule has 0 N–H and O–H groups in total. The molecule has 8 aromatic carbocycles. The van der Waals surface area contributed by atoms with Crippen molar-refractivity contribution >= 4 is 55.2 Å². The normalized spacial score (nSPS) is 19.8. The Morgan fingerprint density at radius 1 is 0.569 bits per heavy atom. The van der Waals surface area contributed by atoms with Gasteiger partial charge in [-0.3, -0.25) is 0 Å². The summed E-state index contributed by atoms with van der Waals surface area (Å²) in [5.41, 5.74) is 21.6. The lowest BCUT2D eigenvalue weighted by Crippen LogP contribution is -2.35. The van der Waals surface area contributed by atoms with Gasteiger partial charge in [-0.1, -0.05) is 206 Å². The highest BCUT2D eigenvalue weighted by Crippen LogP contribution is 2.58. The molecule has 1 spiro atoms. The van der Waals surface area contributed by atoms with E-state index in [2.05, 4.69) is 229 Å². The molecular formula is C71H59N. The monoisotopic (exact) mass is 925 g/mol. The highest BCUT2D eigenvalue weighted by Gasteiger charge is 2.49. The molecule has 0 saturated heterocycles. The fraction of sp³-hybridized carbons (Fsp3) is 0.183. The molecule has 348 valence electrons. The lowest BCUT2D eigenvalue weighted by atomic mass is 9.73. The summed E-state index contributed by atoms with van der Waals surface area (Å²) < 4.78 is 0. The molecule has 6 aliphatic carbocycles. The van der Waals surface area contributed by atoms with Crippen LogP contribution in [-0.4, -0.2) is 6.04 Å². The maximum Gasteiger partial charge on any atom is 0.0556 e. The van der Waals surface area contributed by atoms with Crippen molar-refractivity contribution in [1.82, 2.24) is 0 Å². The van der Waals surface area contributed by atoms with Gasteiger partial charge in [0.1, 0.15) is 0 Å². The zero-order valence-electron chi connectivity index (χ0n) is 41.0. The summed E-state index contributed by atoms with van der Waals surface area (Å²) in [5, 5.41) is 8.18. The Bertz CT molecular complexity index is 3730. The van der Waals surface area contributed by atoms with E-state index >= 15 is 0 Å². The quantitative estimate of drug-likeness (QED) is 0.137. The number of allylic oxidation sites excluding steroid dienone is 13. The first-order valence-corrected chi connectivity index (χ1v) is 26.7. The van der Waals surface area contributed by atoms with Crippen LogP contribution in [0, 0.1) is 0 Å². The fourth-order valence-electron chi connectivity index (χ4n) is 13.9. The van der Waals surface area contributed by atoms with Gasteiger partial charge < -0.3 is 4.90 Å². The number of hydrogen-bond acceptors (Lipinski definition) is 1. The molecular weight excluding hydrogens is 867 g/mol. The lowest BCUT2D eigenvalue weighted by molar-refractivity contribution is 0.554. The van der Waals surface area contributed by atoms with Crippen molar-refractivity contribution in [2.24, 2.45) is 0 Å². The Hall–Kier alpha value is -7.74. The number of benzene rings is 8. The van der Waals surface area contributed by atoms with Crippen LogP contribution in [-0.2, 0) is 18.3 Å². The minimum absolute atomic E-state index is 0.0663. The zero-order valence-corrected chi connectivity index (χ0v) is 41.0. The molecule has 8 aromatic rings. The van der Waals surface area contributed by atoms with Gasteiger partial charge in [0, 0.05) is 16.8 Å². The largest absolute Gasteiger partial charge is 0.338 e. The van der Waals surface area contributed by atoms with E-state index in [-0.39, 0.29) is 5.41 Å². The molecule has 0 aromatic heterocycles. The maximum absolute atomic E-state index is 2.64. The van der Waals surface area contributed by atoms with Crippen LogP contribution >= 0.6 is 0 Å². The molecule has 0 radical (unpaired) electrons. The van der Waals surface area contributed by atoms with Crippen molar-refractivity contribution in [2.75, 3.05) is 4.90 Å². The average molecular weight is 926 g/mol. The van der Waals surface area contributed by atoms with E-state index < -0.39 is 0 Å². The Kier molecular flexibility index (Phi) is 10.7. The first-order chi connectivity index (χ1) is 35.7. The van der Waals surface area contributed by atoms with E-state index in [4.69, 9.17) is 0 Å². The third-order valence-electron chi connectivity index (χ3n) is 17.2. The van der Waals surface area contributed by atoms with E-state index in [9.17, 15) is 0 Å². The zero-order chi connectivity index (χ0) is 47.6. The van der Waals surface area contributed by atoms with Crippen LogP contribution in [0.4, 0.5) is 5.69 Å². The third kappa shape index (κ3) is 7.19. The van der Waals surface area contributed by atoms with Crippen LogP contribution in [0.5, 0.6) is 0 Å². The topological polar surface area (TPSA) is 3.24 Å². The van der Waals surface area contributed by atoms with Gasteiger partial charge in [0.2, 0.25) is 0 Å². The third-order valence-corrected chi connectivity index (χ3v) is 17.2. The molecule has 2 unspecified atom stereocenters. The second-order valence-corrected chi connectivity index (χ2v) is 21.2. The highest BCUT2D eigenvalue weighted by molar-refractivity contribution is 6.30. The van der Waals surface area contributed by atoms with E-state index in [0.29, 0.717) is 12.0 Å². The number of rotatable bonds is 8. The summed E-state index contributed by atoms with van der Waals surface area (Å²) in [5.74, 6) is 0.420. The molecule has 0 saturated carbocycles. The summed E-state index contributed by atoms with van der Waals surface area (Å²) in [7, 11) is 0. The Morgan fingerprint density at radius 2 is 1.29 bits per heavy atom. The molecule has 0 bridgehead atoms. The number of fused-ring (bicyclic) bond motifs is 11. The average Bonchev–Trinajstić information content (AvgIpc) is 3.98. The van der Waals surface area contributed by atoms with Crippen molar-refractivity contribution in [3.63, 3.8) is 0 Å². The van der Waals surface area contributed by atoms with Crippen molar-refractivity contribution < 1.29 is 0 Å². The van der Waals surface area contributed by atoms with Crippen LogP contribution in [0.3, 0.4) is 0 Å². The molecule has 6 aliphatic rings. The number of nitrogens with zero attached hydrogens (tertiary/aromatic N) is 1. The van der Waals surface area contributed by atoms with Gasteiger partial charge in [-0.2, -0.15) is 0 Å². The molecule has 0 fully saturated rings. The summed E-state index contributed by atoms with van der Waals surface area (Å²) in [6.45, 7) is 0. The minimum atomic E-state index is -0.0663. The van der Waals surface area contributed by atoms with Crippen molar-refractivity contribution in [2.45, 2.75) is 81.6 Å². The van der Waals surface area contributed by atoms with Crippen LogP contribution in [0.15, 0.2) is 235 Å². The van der Waals surface area contributed by atoms with Crippen molar-refractivity contribution in [3.8, 4) is 11.1 Å². The van der Waals surface area contributed by atoms with Crippen LogP contribution < -0.4 is 4.90 Å². The van der Waals surface area contributed by atoms with Gasteiger partial charge >= 0.3 is 0 Å². The highest BCUT2D eigenvalue weighted by atomic mass is 15.2. The van der Waals surface area contributed by atoms with Gasteiger partial charge in [-0.05, 0) is 194 Å². The molecule has 2 atom stereocenters. The van der Waals surface area contributed by atoms with Gasteiger partial charge in [0.15, 0.2) is 0 Å². The minimum Gasteiger partial charge on any atom is -0.338 e. The molecule has 72 heavy (non-hydrogen) atoms. The summed E-state index contributed by atoms with van der Waals surface area (Å²) >= 11 is 0. The van der Waals surface area contributed by atoms with Crippen LogP contribution in [0.25, 0.3) is 60.7 Å². The molecule has 0 amide bonds. The Labute approximate surface area is 424 Å². The summed E-state index contributed by atoms with van der Waals surface area (Å²) in [4.78, 5) is 2.64. The van der Waals surface area contributed by atoms with Gasteiger partial charge in [0.25, 0.3) is 0 Å². The predicted molar refractivity (Wildman–Crippen MR) is 306 cm³/mol. The number of hydrogen-bond donors (Lipinski definition) is 0. The lowest BCUT2D eigenvalue weighted by Gasteiger charge is -2.37. The fourth-order valence-corrected chi connectivity index (χ4v) is 13.9. The molecule has 1 nitrogen and oxygen atoms in total. The maximum atomic E-state index is 2.64. The number of anilines is 1. The smallest absolute Gasteiger partial charge is 0.0556 e. The first-order valence-electron chi connectivity index (χ1n) is 26.7. The number of para-hydroxylation sites is 1.